The van der Waals surface area contributed by atoms with Crippen LogP contribution in [0.25, 0.3) is 0 Å². The fourth-order valence-electron chi connectivity index (χ4n) is 3.40. The van der Waals surface area contributed by atoms with Crippen LogP contribution in [-0.2, 0) is 16.2 Å². The first-order valence-electron chi connectivity index (χ1n) is 8.36. The van der Waals surface area contributed by atoms with Gasteiger partial charge < -0.3 is 15.4 Å². The molecule has 0 radical (unpaired) electrons. The maximum atomic E-state index is 12.0. The Bertz CT molecular complexity index is 699. The van der Waals surface area contributed by atoms with E-state index in [0.29, 0.717) is 23.5 Å². The minimum atomic E-state index is -0.496. The number of pyridine rings is 1. The van der Waals surface area contributed by atoms with Crippen molar-refractivity contribution in [3.8, 4) is 0 Å². The molecule has 6 nitrogen and oxygen atoms in total. The van der Waals surface area contributed by atoms with Gasteiger partial charge in [0.1, 0.15) is 10.6 Å². The zero-order valence-electron chi connectivity index (χ0n) is 14.6. The van der Waals surface area contributed by atoms with Crippen molar-refractivity contribution in [1.82, 2.24) is 4.57 Å². The Balaban J connectivity index is 2.22. The predicted molar refractivity (Wildman–Crippen MR) is 93.3 cm³/mol. The van der Waals surface area contributed by atoms with Gasteiger partial charge >= 0.3 is 5.97 Å². The van der Waals surface area contributed by atoms with E-state index in [1.165, 1.54) is 4.90 Å². The number of aromatic nitrogens is 1. The number of amides is 1. The average molecular weight is 352 g/mol. The third kappa shape index (κ3) is 4.02. The van der Waals surface area contributed by atoms with Crippen molar-refractivity contribution in [2.24, 2.45) is 11.7 Å². The molecule has 0 aromatic carbocycles. The Morgan fingerprint density at radius 3 is 2.79 bits per heavy atom. The summed E-state index contributed by atoms with van der Waals surface area (Å²) in [6, 6.07) is 1.93. The van der Waals surface area contributed by atoms with E-state index in [9.17, 15) is 9.59 Å². The number of nitrogens with zero attached hydrogens (tertiary/aromatic N) is 1. The van der Waals surface area contributed by atoms with Gasteiger partial charge in [-0.25, -0.2) is 0 Å². The van der Waals surface area contributed by atoms with Crippen LogP contribution >= 0.6 is 12.2 Å². The van der Waals surface area contributed by atoms with E-state index in [0.717, 1.165) is 37.2 Å². The molecule has 3 N–H and O–H groups in total. The number of rotatable bonds is 5. The summed E-state index contributed by atoms with van der Waals surface area (Å²) >= 11 is 5.49. The number of ether oxygens (including phenoxy) is 1. The molecule has 1 saturated heterocycles. The molecule has 0 saturated carbocycles. The molecule has 1 aromatic heterocycles. The molecule has 7 heteroatoms. The molecular formula is C17H26N3O3S+. The van der Waals surface area contributed by atoms with Crippen molar-refractivity contribution in [2.45, 2.75) is 40.3 Å². The molecule has 2 heterocycles. The zero-order chi connectivity index (χ0) is 17.9. The van der Waals surface area contributed by atoms with Crippen LogP contribution in [0.15, 0.2) is 6.07 Å². The van der Waals surface area contributed by atoms with E-state index in [4.69, 9.17) is 22.7 Å². The summed E-state index contributed by atoms with van der Waals surface area (Å²) in [5.74, 6) is -0.676. The van der Waals surface area contributed by atoms with Crippen LogP contribution in [0.3, 0.4) is 0 Å². The largest absolute Gasteiger partial charge is 0.466 e. The standard InChI is InChI=1S/C17H25N3O3S/c1-4-23-17(22)13-6-5-7-19(9-13)10-20-12(3)8-11(2)14(15(18)21)16(20)24/h8,13H,4-7,9-10H2,1-3H3,(H2,18,21)/p+1/t13-/m1/s1. The Morgan fingerprint density at radius 1 is 1.46 bits per heavy atom. The second-order valence-corrected chi connectivity index (χ2v) is 6.78. The van der Waals surface area contributed by atoms with Gasteiger partial charge in [0.2, 0.25) is 0 Å². The Hall–Kier alpha value is -1.73. The van der Waals surface area contributed by atoms with Crippen molar-refractivity contribution in [3.63, 3.8) is 0 Å². The van der Waals surface area contributed by atoms with Gasteiger partial charge in [-0.15, -0.1) is 0 Å². The first-order valence-corrected chi connectivity index (χ1v) is 8.77. The number of aryl methyl sites for hydroxylation is 2. The van der Waals surface area contributed by atoms with Gasteiger partial charge in [0, 0.05) is 5.69 Å². The van der Waals surface area contributed by atoms with Crippen molar-refractivity contribution in [2.75, 3.05) is 19.7 Å². The third-order valence-corrected chi connectivity index (χ3v) is 5.00. The lowest BCUT2D eigenvalue weighted by molar-refractivity contribution is -0.930. The highest BCUT2D eigenvalue weighted by molar-refractivity contribution is 7.71. The molecule has 1 aliphatic rings. The average Bonchev–Trinajstić information content (AvgIpc) is 2.51. The number of esters is 1. The topological polar surface area (TPSA) is 78.8 Å². The summed E-state index contributed by atoms with van der Waals surface area (Å²) in [6.45, 7) is 8.37. The maximum absolute atomic E-state index is 12.0. The molecule has 2 rings (SSSR count). The minimum Gasteiger partial charge on any atom is -0.466 e. The Kier molecular flexibility index (Phi) is 6.12. The molecular weight excluding hydrogens is 326 g/mol. The quantitative estimate of drug-likeness (QED) is 0.605. The fourth-order valence-corrected chi connectivity index (χ4v) is 3.87. The van der Waals surface area contributed by atoms with E-state index < -0.39 is 5.91 Å². The molecule has 0 aliphatic carbocycles. The molecule has 24 heavy (non-hydrogen) atoms. The number of hydrogen-bond acceptors (Lipinski definition) is 4. The molecule has 1 amide bonds. The van der Waals surface area contributed by atoms with E-state index in [1.807, 2.05) is 31.4 Å². The summed E-state index contributed by atoms with van der Waals surface area (Å²) < 4.78 is 7.58. The summed E-state index contributed by atoms with van der Waals surface area (Å²) in [4.78, 5) is 24.9. The number of hydrogen-bond donors (Lipinski definition) is 2. The van der Waals surface area contributed by atoms with E-state index in [-0.39, 0.29) is 11.9 Å². The van der Waals surface area contributed by atoms with Gasteiger partial charge in [0.05, 0.1) is 25.3 Å². The molecule has 0 bridgehead atoms. The Labute approximate surface area is 147 Å². The van der Waals surface area contributed by atoms with Crippen LogP contribution in [0.2, 0.25) is 0 Å². The summed E-state index contributed by atoms with van der Waals surface area (Å²) in [5.41, 5.74) is 7.69. The lowest BCUT2D eigenvalue weighted by Crippen LogP contribution is -3.13. The number of piperidine rings is 1. The normalized spacial score (nSPS) is 20.6. The number of carbonyl (C=O) groups excluding carboxylic acids is 2. The molecule has 2 atom stereocenters. The minimum absolute atomic E-state index is 0.0655. The summed E-state index contributed by atoms with van der Waals surface area (Å²) in [7, 11) is 0. The van der Waals surface area contributed by atoms with Gasteiger partial charge in [-0.3, -0.25) is 14.2 Å². The molecule has 1 fully saturated rings. The number of likely N-dealkylation sites (tertiary alicyclic amines) is 1. The first-order chi connectivity index (χ1) is 11.3. The van der Waals surface area contributed by atoms with Crippen LogP contribution in [0.4, 0.5) is 0 Å². The van der Waals surface area contributed by atoms with Crippen molar-refractivity contribution < 1.29 is 19.2 Å². The lowest BCUT2D eigenvalue weighted by Gasteiger charge is -2.30. The van der Waals surface area contributed by atoms with Crippen LogP contribution < -0.4 is 10.6 Å². The van der Waals surface area contributed by atoms with E-state index in [1.54, 1.807) is 0 Å². The van der Waals surface area contributed by atoms with Crippen LogP contribution in [0.1, 0.15) is 41.4 Å². The van der Waals surface area contributed by atoms with Crippen LogP contribution in [0, 0.1) is 24.4 Å². The maximum Gasteiger partial charge on any atom is 0.314 e. The van der Waals surface area contributed by atoms with Gasteiger partial charge in [0.25, 0.3) is 5.91 Å². The monoisotopic (exact) mass is 352 g/mol. The second-order valence-electron chi connectivity index (χ2n) is 6.39. The van der Waals surface area contributed by atoms with Crippen LogP contribution in [-0.4, -0.2) is 36.1 Å². The highest BCUT2D eigenvalue weighted by Crippen LogP contribution is 2.14. The second kappa shape index (κ2) is 7.90. The summed E-state index contributed by atoms with van der Waals surface area (Å²) in [5, 5.41) is 0. The molecule has 0 spiro atoms. The zero-order valence-corrected chi connectivity index (χ0v) is 15.4. The lowest BCUT2D eigenvalue weighted by atomic mass is 9.98. The van der Waals surface area contributed by atoms with Gasteiger partial charge in [-0.1, -0.05) is 12.2 Å². The Morgan fingerprint density at radius 2 is 2.17 bits per heavy atom. The van der Waals surface area contributed by atoms with Crippen molar-refractivity contribution >= 4 is 24.1 Å². The van der Waals surface area contributed by atoms with Crippen molar-refractivity contribution in [1.29, 1.82) is 0 Å². The van der Waals surface area contributed by atoms with Crippen molar-refractivity contribution in [3.05, 3.63) is 27.5 Å². The van der Waals surface area contributed by atoms with E-state index in [2.05, 4.69) is 0 Å². The van der Waals surface area contributed by atoms with Gasteiger partial charge in [0.15, 0.2) is 6.67 Å². The molecule has 132 valence electrons. The summed E-state index contributed by atoms with van der Waals surface area (Å²) in [6.07, 6.45) is 1.84. The predicted octanol–water partition coefficient (Wildman–Crippen LogP) is 0.749. The molecule has 1 aliphatic heterocycles. The van der Waals surface area contributed by atoms with E-state index >= 15 is 0 Å². The first kappa shape index (κ1) is 18.6. The molecule has 1 aromatic rings. The highest BCUT2D eigenvalue weighted by atomic mass is 32.1. The number of carbonyl (C=O) groups is 2. The van der Waals surface area contributed by atoms with Gasteiger partial charge in [-0.05, 0) is 45.2 Å². The SMILES string of the molecule is CCOC(=O)[C@@H]1CCC[NH+](Cn2c(C)cc(C)c(C(N)=O)c2=S)C1. The van der Waals surface area contributed by atoms with Crippen LogP contribution in [0.5, 0.6) is 0 Å². The van der Waals surface area contributed by atoms with Gasteiger partial charge in [-0.2, -0.15) is 0 Å². The number of quaternary nitrogens is 1. The molecule has 1 unspecified atom stereocenters. The number of primary amides is 1. The smallest absolute Gasteiger partial charge is 0.314 e. The fraction of sp³-hybridized carbons (Fsp3) is 0.588. The number of nitrogens with two attached hydrogens (primary N) is 1. The third-order valence-electron chi connectivity index (χ3n) is 4.57. The highest BCUT2D eigenvalue weighted by Gasteiger charge is 2.30. The number of nitrogens with one attached hydrogen (secondary N) is 1.